The molecular formula is C20H25N3O2. The molecule has 0 aromatic heterocycles. The van der Waals surface area contributed by atoms with E-state index in [0.29, 0.717) is 12.4 Å². The number of nitrogens with two attached hydrogens (primary N) is 1. The number of likely N-dealkylation sites (N-methyl/N-ethyl adjacent to an activating group) is 1. The van der Waals surface area contributed by atoms with Crippen LogP contribution in [0.15, 0.2) is 23.2 Å². The minimum Gasteiger partial charge on any atom is -0.493 e. The highest BCUT2D eigenvalue weighted by Crippen LogP contribution is 2.53. The van der Waals surface area contributed by atoms with Crippen molar-refractivity contribution in [1.82, 2.24) is 4.90 Å². The maximum absolute atomic E-state index is 13.1. The van der Waals surface area contributed by atoms with Gasteiger partial charge in [-0.2, -0.15) is 0 Å². The number of carbonyl (C=O) groups is 1. The maximum atomic E-state index is 13.1. The molecule has 5 nitrogen and oxygen atoms in total. The van der Waals surface area contributed by atoms with Crippen molar-refractivity contribution in [3.63, 3.8) is 0 Å². The van der Waals surface area contributed by atoms with E-state index in [4.69, 9.17) is 10.5 Å². The number of nitrogens with zero attached hydrogens (tertiary/aromatic N) is 2. The number of guanidine groups is 1. The number of rotatable bonds is 0. The van der Waals surface area contributed by atoms with Crippen LogP contribution < -0.4 is 10.5 Å². The van der Waals surface area contributed by atoms with E-state index in [1.165, 1.54) is 4.90 Å². The van der Waals surface area contributed by atoms with Gasteiger partial charge in [0.15, 0.2) is 11.5 Å². The standard InChI is InChI=1S/C20H25N3O2/c1-18(2,3)10-9-13-7-8-15-14(11-13)20(19(4,5)12-25-15)16(24)23(6)17(21)22-20/h7-8,11H,12H2,1-6H3,(H2,21,22). The fourth-order valence-corrected chi connectivity index (χ4v) is 3.26. The molecule has 1 atom stereocenters. The Morgan fingerprint density at radius 1 is 1.32 bits per heavy atom. The largest absolute Gasteiger partial charge is 0.493 e. The summed E-state index contributed by atoms with van der Waals surface area (Å²) >= 11 is 0. The zero-order chi connectivity index (χ0) is 18.6. The summed E-state index contributed by atoms with van der Waals surface area (Å²) in [5.74, 6) is 7.20. The molecule has 0 aliphatic carbocycles. The van der Waals surface area contributed by atoms with Crippen LogP contribution in [-0.4, -0.2) is 30.4 Å². The Bertz CT molecular complexity index is 837. The Morgan fingerprint density at radius 2 is 2.00 bits per heavy atom. The number of amides is 1. The van der Waals surface area contributed by atoms with Gasteiger partial charge in [-0.25, -0.2) is 4.99 Å². The normalized spacial score (nSPS) is 24.3. The first-order valence-electron chi connectivity index (χ1n) is 8.42. The predicted molar refractivity (Wildman–Crippen MR) is 98.1 cm³/mol. The third kappa shape index (κ3) is 2.57. The lowest BCUT2D eigenvalue weighted by Crippen LogP contribution is -2.53. The zero-order valence-corrected chi connectivity index (χ0v) is 15.7. The average molecular weight is 339 g/mol. The second-order valence-electron chi connectivity index (χ2n) is 8.43. The van der Waals surface area contributed by atoms with Crippen LogP contribution in [0.1, 0.15) is 45.7 Å². The van der Waals surface area contributed by atoms with Gasteiger partial charge < -0.3 is 10.5 Å². The van der Waals surface area contributed by atoms with Crippen molar-refractivity contribution < 1.29 is 9.53 Å². The van der Waals surface area contributed by atoms with E-state index in [-0.39, 0.29) is 17.3 Å². The SMILES string of the molecule is CN1C(=O)C2(N=C1N)c1cc(C#CC(C)(C)C)ccc1OCC2(C)C. The number of hydrogen-bond acceptors (Lipinski definition) is 4. The first kappa shape index (κ1) is 17.3. The molecule has 1 spiro atoms. The van der Waals surface area contributed by atoms with Gasteiger partial charge in [-0.15, -0.1) is 0 Å². The van der Waals surface area contributed by atoms with Crippen LogP contribution in [0.3, 0.4) is 0 Å². The van der Waals surface area contributed by atoms with Crippen molar-refractivity contribution in [3.05, 3.63) is 29.3 Å². The molecule has 25 heavy (non-hydrogen) atoms. The van der Waals surface area contributed by atoms with Crippen molar-refractivity contribution in [2.75, 3.05) is 13.7 Å². The number of ether oxygens (including phenoxy) is 1. The molecule has 1 amide bonds. The second-order valence-corrected chi connectivity index (χ2v) is 8.43. The van der Waals surface area contributed by atoms with Gasteiger partial charge in [0, 0.05) is 29.0 Å². The van der Waals surface area contributed by atoms with Crippen molar-refractivity contribution >= 4 is 11.9 Å². The molecule has 1 aromatic carbocycles. The first-order valence-corrected chi connectivity index (χ1v) is 8.42. The molecule has 1 unspecified atom stereocenters. The lowest BCUT2D eigenvalue weighted by atomic mass is 9.66. The van der Waals surface area contributed by atoms with E-state index in [1.54, 1.807) is 7.05 Å². The first-order chi connectivity index (χ1) is 11.5. The van der Waals surface area contributed by atoms with Crippen LogP contribution in [0.4, 0.5) is 0 Å². The van der Waals surface area contributed by atoms with Gasteiger partial charge >= 0.3 is 0 Å². The van der Waals surface area contributed by atoms with Gasteiger partial charge in [0.1, 0.15) is 5.75 Å². The molecular weight excluding hydrogens is 314 g/mol. The third-order valence-electron chi connectivity index (χ3n) is 4.76. The van der Waals surface area contributed by atoms with Crippen molar-refractivity contribution in [2.45, 2.75) is 40.2 Å². The molecule has 5 heteroatoms. The molecule has 0 fully saturated rings. The quantitative estimate of drug-likeness (QED) is 0.739. The highest BCUT2D eigenvalue weighted by Gasteiger charge is 2.61. The van der Waals surface area contributed by atoms with E-state index >= 15 is 0 Å². The summed E-state index contributed by atoms with van der Waals surface area (Å²) < 4.78 is 5.92. The van der Waals surface area contributed by atoms with E-state index < -0.39 is 11.0 Å². The molecule has 0 bridgehead atoms. The molecule has 2 N–H and O–H groups in total. The molecule has 3 rings (SSSR count). The van der Waals surface area contributed by atoms with Crippen molar-refractivity contribution in [1.29, 1.82) is 0 Å². The summed E-state index contributed by atoms with van der Waals surface area (Å²) in [5.41, 5.74) is 5.87. The molecule has 2 heterocycles. The van der Waals surface area contributed by atoms with Crippen LogP contribution in [0, 0.1) is 22.7 Å². The van der Waals surface area contributed by atoms with Crippen LogP contribution in [0.5, 0.6) is 5.75 Å². The monoisotopic (exact) mass is 339 g/mol. The number of benzene rings is 1. The Morgan fingerprint density at radius 3 is 2.56 bits per heavy atom. The van der Waals surface area contributed by atoms with Gasteiger partial charge in [-0.05, 0) is 39.0 Å². The Kier molecular flexibility index (Phi) is 3.65. The molecule has 1 aromatic rings. The fraction of sp³-hybridized carbons (Fsp3) is 0.500. The molecule has 2 aliphatic heterocycles. The third-order valence-corrected chi connectivity index (χ3v) is 4.76. The van der Waals surface area contributed by atoms with Crippen molar-refractivity contribution in [3.8, 4) is 17.6 Å². The van der Waals surface area contributed by atoms with E-state index in [2.05, 4.69) is 37.6 Å². The summed E-state index contributed by atoms with van der Waals surface area (Å²) in [7, 11) is 1.66. The summed E-state index contributed by atoms with van der Waals surface area (Å²) in [6.07, 6.45) is 0. The molecule has 0 radical (unpaired) electrons. The van der Waals surface area contributed by atoms with Crippen LogP contribution >= 0.6 is 0 Å². The molecule has 132 valence electrons. The Hall–Kier alpha value is -2.48. The summed E-state index contributed by atoms with van der Waals surface area (Å²) in [5, 5.41) is 0. The van der Waals surface area contributed by atoms with E-state index in [0.717, 1.165) is 11.1 Å². The molecule has 2 aliphatic rings. The zero-order valence-electron chi connectivity index (χ0n) is 15.7. The Labute approximate surface area is 149 Å². The number of hydrogen-bond donors (Lipinski definition) is 1. The van der Waals surface area contributed by atoms with E-state index in [9.17, 15) is 4.79 Å². The topological polar surface area (TPSA) is 67.9 Å². The predicted octanol–water partition coefficient (Wildman–Crippen LogP) is 2.48. The second kappa shape index (κ2) is 5.26. The van der Waals surface area contributed by atoms with Gasteiger partial charge in [0.25, 0.3) is 5.91 Å². The fourth-order valence-electron chi connectivity index (χ4n) is 3.26. The van der Waals surface area contributed by atoms with E-state index in [1.807, 2.05) is 32.0 Å². The van der Waals surface area contributed by atoms with Gasteiger partial charge in [0.05, 0.1) is 6.61 Å². The highest BCUT2D eigenvalue weighted by molar-refractivity contribution is 6.08. The van der Waals surface area contributed by atoms with Gasteiger partial charge in [-0.3, -0.25) is 9.69 Å². The average Bonchev–Trinajstić information content (AvgIpc) is 2.75. The van der Waals surface area contributed by atoms with Crippen LogP contribution in [0.2, 0.25) is 0 Å². The number of aliphatic imine (C=N–C) groups is 1. The molecule has 0 saturated carbocycles. The van der Waals surface area contributed by atoms with Crippen molar-refractivity contribution in [2.24, 2.45) is 21.6 Å². The lowest BCUT2D eigenvalue weighted by Gasteiger charge is -2.44. The highest BCUT2D eigenvalue weighted by atomic mass is 16.5. The minimum atomic E-state index is -1.07. The van der Waals surface area contributed by atoms with Crippen LogP contribution in [-0.2, 0) is 10.3 Å². The van der Waals surface area contributed by atoms with Gasteiger partial charge in [-0.1, -0.05) is 25.7 Å². The summed E-state index contributed by atoms with van der Waals surface area (Å²) in [6, 6.07) is 5.71. The minimum absolute atomic E-state index is 0.102. The smallest absolute Gasteiger partial charge is 0.262 e. The Balaban J connectivity index is 2.22. The lowest BCUT2D eigenvalue weighted by molar-refractivity contribution is -0.137. The van der Waals surface area contributed by atoms with Gasteiger partial charge in [0.2, 0.25) is 0 Å². The summed E-state index contributed by atoms with van der Waals surface area (Å²) in [4.78, 5) is 19.2. The maximum Gasteiger partial charge on any atom is 0.262 e. The number of carbonyl (C=O) groups excluding carboxylic acids is 1. The summed E-state index contributed by atoms with van der Waals surface area (Å²) in [6.45, 7) is 10.5. The number of fused-ring (bicyclic) bond motifs is 2. The molecule has 0 saturated heterocycles. The van der Waals surface area contributed by atoms with Crippen LogP contribution in [0.25, 0.3) is 0 Å².